The number of hydrogen-bond donors (Lipinski definition) is 1. The van der Waals surface area contributed by atoms with E-state index >= 15 is 0 Å². The predicted molar refractivity (Wildman–Crippen MR) is 80.3 cm³/mol. The molecule has 2 aromatic rings. The van der Waals surface area contributed by atoms with E-state index in [1.54, 1.807) is 11.8 Å². The van der Waals surface area contributed by atoms with Gasteiger partial charge in [0.2, 0.25) is 5.95 Å². The molecule has 0 amide bonds. The summed E-state index contributed by atoms with van der Waals surface area (Å²) in [5.41, 5.74) is 9.72. The molecule has 0 aliphatic carbocycles. The molecule has 2 rings (SSSR count). The Morgan fingerprint density at radius 3 is 2.37 bits per heavy atom. The summed E-state index contributed by atoms with van der Waals surface area (Å²) in [5.74, 6) is 1.37. The topological polar surface area (TPSA) is 56.7 Å². The van der Waals surface area contributed by atoms with Crippen LogP contribution in [0, 0.1) is 13.8 Å². The molecular weight excluding hydrogens is 256 g/mol. The Labute approximate surface area is 118 Å². The van der Waals surface area contributed by atoms with Gasteiger partial charge in [0, 0.05) is 11.8 Å². The summed E-state index contributed by atoms with van der Waals surface area (Å²) >= 11 is 1.68. The maximum Gasteiger partial charge on any atom is 0.222 e. The Balaban J connectivity index is 2.14. The lowest BCUT2D eigenvalue weighted by Crippen LogP contribution is -2.07. The molecule has 1 aromatic carbocycles. The number of hydrogen-bond acceptors (Lipinski definition) is 4. The Morgan fingerprint density at radius 1 is 1.16 bits per heavy atom. The molecule has 0 bridgehead atoms. The monoisotopic (exact) mass is 276 g/mol. The molecule has 0 fully saturated rings. The number of nitrogens with two attached hydrogens (primary N) is 1. The lowest BCUT2D eigenvalue weighted by molar-refractivity contribution is 0.557. The van der Waals surface area contributed by atoms with Crippen LogP contribution in [0.2, 0.25) is 0 Å². The largest absolute Gasteiger partial charge is 0.368 e. The summed E-state index contributed by atoms with van der Waals surface area (Å²) in [7, 11) is 0. The number of anilines is 1. The van der Waals surface area contributed by atoms with Crippen molar-refractivity contribution < 1.29 is 0 Å². The van der Waals surface area contributed by atoms with Gasteiger partial charge in [-0.15, -0.1) is 10.2 Å². The number of thioether (sulfide) groups is 1. The molecule has 0 atom stereocenters. The van der Waals surface area contributed by atoms with Crippen LogP contribution in [0.5, 0.6) is 0 Å². The highest BCUT2D eigenvalue weighted by Gasteiger charge is 2.12. The van der Waals surface area contributed by atoms with Crippen molar-refractivity contribution in [2.75, 3.05) is 5.73 Å². The highest BCUT2D eigenvalue weighted by Crippen LogP contribution is 2.26. The van der Waals surface area contributed by atoms with Crippen LogP contribution in [-0.2, 0) is 5.75 Å². The van der Waals surface area contributed by atoms with Crippen LogP contribution in [0.15, 0.2) is 23.4 Å². The van der Waals surface area contributed by atoms with E-state index in [2.05, 4.69) is 56.1 Å². The van der Waals surface area contributed by atoms with Gasteiger partial charge >= 0.3 is 0 Å². The maximum atomic E-state index is 5.84. The zero-order valence-corrected chi connectivity index (χ0v) is 12.7. The average molecular weight is 276 g/mol. The Bertz CT molecular complexity index is 555. The molecule has 2 N–H and O–H groups in total. The molecule has 0 spiro atoms. The van der Waals surface area contributed by atoms with Gasteiger partial charge in [-0.3, -0.25) is 4.57 Å². The van der Waals surface area contributed by atoms with E-state index in [1.165, 1.54) is 16.7 Å². The van der Waals surface area contributed by atoms with Crippen molar-refractivity contribution in [3.63, 3.8) is 0 Å². The fourth-order valence-electron chi connectivity index (χ4n) is 2.17. The molecule has 4 nitrogen and oxygen atoms in total. The van der Waals surface area contributed by atoms with Crippen LogP contribution in [0.4, 0.5) is 5.95 Å². The fourth-order valence-corrected chi connectivity index (χ4v) is 3.18. The second kappa shape index (κ2) is 5.65. The van der Waals surface area contributed by atoms with E-state index in [4.69, 9.17) is 5.73 Å². The number of aromatic nitrogens is 3. The van der Waals surface area contributed by atoms with Gasteiger partial charge in [0.25, 0.3) is 0 Å². The molecule has 0 aliphatic heterocycles. The van der Waals surface area contributed by atoms with Gasteiger partial charge in [-0.2, -0.15) is 0 Å². The van der Waals surface area contributed by atoms with E-state index in [0.717, 1.165) is 10.9 Å². The minimum atomic E-state index is 0.275. The molecule has 19 heavy (non-hydrogen) atoms. The predicted octanol–water partition coefficient (Wildman–Crippen LogP) is 3.35. The third kappa shape index (κ3) is 3.29. The van der Waals surface area contributed by atoms with Crippen molar-refractivity contribution in [3.05, 3.63) is 34.9 Å². The van der Waals surface area contributed by atoms with Gasteiger partial charge in [-0.25, -0.2) is 0 Å². The van der Waals surface area contributed by atoms with Crippen molar-refractivity contribution in [1.82, 2.24) is 14.8 Å². The molecular formula is C14H20N4S. The zero-order valence-electron chi connectivity index (χ0n) is 11.8. The van der Waals surface area contributed by atoms with Gasteiger partial charge in [-0.1, -0.05) is 41.1 Å². The second-order valence-electron chi connectivity index (χ2n) is 5.09. The first-order valence-corrected chi connectivity index (χ1v) is 7.36. The van der Waals surface area contributed by atoms with Crippen molar-refractivity contribution in [2.45, 2.75) is 44.6 Å². The lowest BCUT2D eigenvalue weighted by Gasteiger charge is -2.11. The van der Waals surface area contributed by atoms with Crippen LogP contribution in [-0.4, -0.2) is 14.8 Å². The molecule has 0 saturated heterocycles. The second-order valence-corrected chi connectivity index (χ2v) is 6.03. The molecule has 0 radical (unpaired) electrons. The quantitative estimate of drug-likeness (QED) is 0.870. The zero-order chi connectivity index (χ0) is 14.0. The number of rotatable bonds is 4. The molecule has 5 heteroatoms. The van der Waals surface area contributed by atoms with E-state index in [9.17, 15) is 0 Å². The lowest BCUT2D eigenvalue weighted by atomic mass is 10.1. The van der Waals surface area contributed by atoms with Gasteiger partial charge in [0.05, 0.1) is 0 Å². The minimum Gasteiger partial charge on any atom is -0.368 e. The molecule has 0 saturated carbocycles. The van der Waals surface area contributed by atoms with Gasteiger partial charge in [0.15, 0.2) is 5.16 Å². The summed E-state index contributed by atoms with van der Waals surface area (Å²) in [6.07, 6.45) is 0. The highest BCUT2D eigenvalue weighted by atomic mass is 32.2. The Hall–Kier alpha value is -1.49. The van der Waals surface area contributed by atoms with E-state index in [1.807, 2.05) is 4.57 Å². The number of benzene rings is 1. The van der Waals surface area contributed by atoms with E-state index in [0.29, 0.717) is 5.95 Å². The van der Waals surface area contributed by atoms with Crippen molar-refractivity contribution in [3.8, 4) is 0 Å². The number of nitrogen functional groups attached to an aromatic ring is 1. The van der Waals surface area contributed by atoms with Crippen LogP contribution in [0.3, 0.4) is 0 Å². The third-order valence-corrected chi connectivity index (χ3v) is 3.87. The maximum absolute atomic E-state index is 5.84. The first-order chi connectivity index (χ1) is 8.97. The first kappa shape index (κ1) is 13.9. The standard InChI is InChI=1S/C14H20N4S/c1-9(2)18-13(15)16-17-14(18)19-8-12-6-10(3)5-11(4)7-12/h5-7,9H,8H2,1-4H3,(H2,15,16). The smallest absolute Gasteiger partial charge is 0.222 e. The Kier molecular flexibility index (Phi) is 4.14. The van der Waals surface area contributed by atoms with Crippen LogP contribution >= 0.6 is 11.8 Å². The normalized spacial score (nSPS) is 11.2. The SMILES string of the molecule is Cc1cc(C)cc(CSc2nnc(N)n2C(C)C)c1. The average Bonchev–Trinajstić information content (AvgIpc) is 2.66. The molecule has 0 unspecified atom stereocenters. The molecule has 1 heterocycles. The third-order valence-electron chi connectivity index (χ3n) is 2.86. The van der Waals surface area contributed by atoms with Crippen molar-refractivity contribution in [2.24, 2.45) is 0 Å². The first-order valence-electron chi connectivity index (χ1n) is 6.37. The Morgan fingerprint density at radius 2 is 1.79 bits per heavy atom. The number of nitrogens with zero attached hydrogens (tertiary/aromatic N) is 3. The van der Waals surface area contributed by atoms with Crippen LogP contribution < -0.4 is 5.73 Å². The summed E-state index contributed by atoms with van der Waals surface area (Å²) in [4.78, 5) is 0. The van der Waals surface area contributed by atoms with E-state index in [-0.39, 0.29) is 6.04 Å². The van der Waals surface area contributed by atoms with Crippen LogP contribution in [0.1, 0.15) is 36.6 Å². The molecule has 102 valence electrons. The van der Waals surface area contributed by atoms with Crippen molar-refractivity contribution >= 4 is 17.7 Å². The van der Waals surface area contributed by atoms with E-state index < -0.39 is 0 Å². The highest BCUT2D eigenvalue weighted by molar-refractivity contribution is 7.98. The molecule has 1 aromatic heterocycles. The summed E-state index contributed by atoms with van der Waals surface area (Å²) in [5, 5.41) is 8.98. The number of aryl methyl sites for hydroxylation is 2. The fraction of sp³-hybridized carbons (Fsp3) is 0.429. The van der Waals surface area contributed by atoms with Crippen LogP contribution in [0.25, 0.3) is 0 Å². The van der Waals surface area contributed by atoms with Crippen molar-refractivity contribution in [1.29, 1.82) is 0 Å². The van der Waals surface area contributed by atoms with Gasteiger partial charge in [0.1, 0.15) is 0 Å². The summed E-state index contributed by atoms with van der Waals surface area (Å²) in [6, 6.07) is 6.87. The molecule has 0 aliphatic rings. The summed E-state index contributed by atoms with van der Waals surface area (Å²) < 4.78 is 1.97. The van der Waals surface area contributed by atoms with Gasteiger partial charge in [-0.05, 0) is 33.3 Å². The summed E-state index contributed by atoms with van der Waals surface area (Å²) in [6.45, 7) is 8.41. The minimum absolute atomic E-state index is 0.275. The van der Waals surface area contributed by atoms with Gasteiger partial charge < -0.3 is 5.73 Å².